The highest BCUT2D eigenvalue weighted by atomic mass is 16.5. The van der Waals surface area contributed by atoms with Gasteiger partial charge >= 0.3 is 0 Å². The average molecular weight is 501 g/mol. The lowest BCUT2D eigenvalue weighted by Gasteiger charge is -2.38. The normalized spacial score (nSPS) is 15.4. The van der Waals surface area contributed by atoms with E-state index in [-0.39, 0.29) is 5.91 Å². The van der Waals surface area contributed by atoms with Crippen LogP contribution >= 0.6 is 0 Å². The van der Waals surface area contributed by atoms with Crippen molar-refractivity contribution in [3.8, 4) is 11.6 Å². The van der Waals surface area contributed by atoms with Gasteiger partial charge < -0.3 is 25.0 Å². The molecule has 5 rings (SSSR count). The van der Waals surface area contributed by atoms with E-state index < -0.39 is 0 Å². The van der Waals surface area contributed by atoms with Crippen LogP contribution in [0.15, 0.2) is 61.2 Å². The summed E-state index contributed by atoms with van der Waals surface area (Å²) in [5.74, 6) is 1.12. The Morgan fingerprint density at radius 3 is 2.57 bits per heavy atom. The zero-order chi connectivity index (χ0) is 25.8. The van der Waals surface area contributed by atoms with Gasteiger partial charge in [0.05, 0.1) is 24.5 Å². The molecule has 1 fully saturated rings. The van der Waals surface area contributed by atoms with E-state index in [1.54, 1.807) is 24.3 Å². The third kappa shape index (κ3) is 5.90. The largest absolute Gasteiger partial charge is 0.438 e. The van der Waals surface area contributed by atoms with Gasteiger partial charge in [0.25, 0.3) is 0 Å². The Balaban J connectivity index is 1.30. The van der Waals surface area contributed by atoms with Gasteiger partial charge in [-0.25, -0.2) is 4.98 Å². The molecule has 0 spiro atoms. The number of nitrogens with one attached hydrogen (secondary N) is 2. The first-order valence-electron chi connectivity index (χ1n) is 12.5. The summed E-state index contributed by atoms with van der Waals surface area (Å²) in [5, 5.41) is 6.04. The van der Waals surface area contributed by atoms with E-state index >= 15 is 0 Å². The number of piperazine rings is 1. The van der Waals surface area contributed by atoms with Crippen molar-refractivity contribution in [3.05, 3.63) is 72.4 Å². The van der Waals surface area contributed by atoms with E-state index in [1.807, 2.05) is 12.1 Å². The van der Waals surface area contributed by atoms with Crippen LogP contribution in [0.4, 0.5) is 23.0 Å². The number of carbonyl (C=O) groups excluding carboxylic acids is 1. The van der Waals surface area contributed by atoms with E-state index in [2.05, 4.69) is 63.0 Å². The van der Waals surface area contributed by atoms with Crippen LogP contribution < -0.4 is 20.3 Å². The van der Waals surface area contributed by atoms with Crippen molar-refractivity contribution in [2.45, 2.75) is 33.1 Å². The maximum absolute atomic E-state index is 11.7. The summed E-state index contributed by atoms with van der Waals surface area (Å²) in [5.41, 5.74) is 4.33. The fourth-order valence-corrected chi connectivity index (χ4v) is 4.49. The number of anilines is 4. The lowest BCUT2D eigenvalue weighted by atomic mass is 10.2. The Hall–Kier alpha value is -3.95. The third-order valence-electron chi connectivity index (χ3n) is 6.57. The summed E-state index contributed by atoms with van der Waals surface area (Å²) in [6.07, 6.45) is 1.22. The molecular weight excluding hydrogens is 468 g/mol. The fraction of sp³-hybridized carbons (Fsp3) is 0.321. The summed E-state index contributed by atoms with van der Waals surface area (Å²) < 4.78 is 11.7. The number of fused-ring (bicyclic) bond motifs is 1. The number of ether oxygens (including phenoxy) is 2. The highest BCUT2D eigenvalue weighted by molar-refractivity contribution is 5.98. The summed E-state index contributed by atoms with van der Waals surface area (Å²) in [7, 11) is 0. The molecule has 3 heterocycles. The van der Waals surface area contributed by atoms with Crippen molar-refractivity contribution in [1.29, 1.82) is 0 Å². The molecule has 2 aromatic carbocycles. The number of amides is 1. The van der Waals surface area contributed by atoms with Gasteiger partial charge in [-0.15, -0.1) is 0 Å². The van der Waals surface area contributed by atoms with Crippen LogP contribution in [-0.4, -0.2) is 53.0 Å². The molecule has 192 valence electrons. The topological polar surface area (TPSA) is 91.8 Å². The summed E-state index contributed by atoms with van der Waals surface area (Å²) >= 11 is 0. The van der Waals surface area contributed by atoms with Crippen molar-refractivity contribution in [2.75, 3.05) is 41.7 Å². The van der Waals surface area contributed by atoms with Crippen molar-refractivity contribution >= 4 is 28.9 Å². The Labute approximate surface area is 217 Å². The first-order valence-corrected chi connectivity index (χ1v) is 12.5. The van der Waals surface area contributed by atoms with E-state index in [9.17, 15) is 4.79 Å². The van der Waals surface area contributed by atoms with E-state index in [4.69, 9.17) is 9.47 Å². The Bertz CT molecular complexity index is 1270. The van der Waals surface area contributed by atoms with Crippen LogP contribution in [0.3, 0.4) is 0 Å². The number of nitrogens with zero attached hydrogens (tertiary/aromatic N) is 4. The molecule has 3 aromatic rings. The summed E-state index contributed by atoms with van der Waals surface area (Å²) in [4.78, 5) is 25.9. The molecular formula is C28H32N6O3. The first kappa shape index (κ1) is 24.7. The number of hydrogen-bond acceptors (Lipinski definition) is 8. The van der Waals surface area contributed by atoms with Gasteiger partial charge in [0.15, 0.2) is 0 Å². The Kier molecular flexibility index (Phi) is 7.34. The average Bonchev–Trinajstić information content (AvgIpc) is 3.38. The zero-order valence-corrected chi connectivity index (χ0v) is 21.2. The molecule has 1 aromatic heterocycles. The quantitative estimate of drug-likeness (QED) is 0.430. The molecule has 0 aliphatic carbocycles. The predicted octanol–water partition coefficient (Wildman–Crippen LogP) is 4.70. The van der Waals surface area contributed by atoms with Crippen LogP contribution in [0.25, 0.3) is 0 Å². The van der Waals surface area contributed by atoms with Crippen molar-refractivity contribution in [3.63, 3.8) is 0 Å². The second-order valence-corrected chi connectivity index (χ2v) is 9.38. The van der Waals surface area contributed by atoms with Gasteiger partial charge in [-0.2, -0.15) is 4.98 Å². The molecule has 37 heavy (non-hydrogen) atoms. The maximum atomic E-state index is 11.7. The van der Waals surface area contributed by atoms with Gasteiger partial charge in [-0.3, -0.25) is 9.69 Å². The second-order valence-electron chi connectivity index (χ2n) is 9.38. The lowest BCUT2D eigenvalue weighted by molar-refractivity contribution is -0.111. The van der Waals surface area contributed by atoms with Crippen molar-refractivity contribution in [2.24, 2.45) is 0 Å². The number of hydrogen-bond donors (Lipinski definition) is 2. The highest BCUT2D eigenvalue weighted by Crippen LogP contribution is 2.33. The molecule has 1 amide bonds. The fourth-order valence-electron chi connectivity index (χ4n) is 4.49. The van der Waals surface area contributed by atoms with Gasteiger partial charge in [-0.1, -0.05) is 12.6 Å². The van der Waals surface area contributed by atoms with Crippen molar-refractivity contribution in [1.82, 2.24) is 14.9 Å². The Morgan fingerprint density at radius 2 is 1.84 bits per heavy atom. The minimum absolute atomic E-state index is 0.288. The first-order chi connectivity index (χ1) is 18.0. The number of rotatable bonds is 8. The zero-order valence-electron chi connectivity index (χ0n) is 21.2. The molecule has 0 bridgehead atoms. The summed E-state index contributed by atoms with van der Waals surface area (Å²) in [6.45, 7) is 13.0. The third-order valence-corrected chi connectivity index (χ3v) is 6.57. The Morgan fingerprint density at radius 1 is 1.05 bits per heavy atom. The van der Waals surface area contributed by atoms with Crippen molar-refractivity contribution < 1.29 is 14.3 Å². The van der Waals surface area contributed by atoms with Crippen LogP contribution in [0, 0.1) is 0 Å². The molecule has 9 nitrogen and oxygen atoms in total. The SMILES string of the molecule is C=CC(=O)Nc1cccc(Oc2nc(Nc3ccc(N4CCN(C(C)C)CC4)cc3)nc3c2COC3)c1. The molecule has 1 saturated heterocycles. The van der Waals surface area contributed by atoms with Gasteiger partial charge in [-0.05, 0) is 56.3 Å². The smallest absolute Gasteiger partial charge is 0.247 e. The standard InChI is InChI=1S/C28H32N6O3/c1-4-26(35)29-21-6-5-7-23(16-21)37-27-24-17-36-18-25(24)31-28(32-27)30-20-8-10-22(11-9-20)34-14-12-33(13-15-34)19(2)3/h4-11,16,19H,1,12-15,17-18H2,2-3H3,(H,29,35)(H,30,31,32). The molecule has 2 aliphatic heterocycles. The van der Waals surface area contributed by atoms with E-state index in [0.717, 1.165) is 43.1 Å². The molecule has 0 atom stereocenters. The maximum Gasteiger partial charge on any atom is 0.247 e. The van der Waals surface area contributed by atoms with Crippen LogP contribution in [0.1, 0.15) is 25.1 Å². The number of benzene rings is 2. The monoisotopic (exact) mass is 500 g/mol. The number of aromatic nitrogens is 2. The van der Waals surface area contributed by atoms with Crippen LogP contribution in [-0.2, 0) is 22.7 Å². The van der Waals surface area contributed by atoms with E-state index in [0.29, 0.717) is 42.5 Å². The van der Waals surface area contributed by atoms with E-state index in [1.165, 1.54) is 11.8 Å². The molecule has 0 saturated carbocycles. The highest BCUT2D eigenvalue weighted by Gasteiger charge is 2.22. The van der Waals surface area contributed by atoms with Gasteiger partial charge in [0.1, 0.15) is 5.75 Å². The summed E-state index contributed by atoms with van der Waals surface area (Å²) in [6, 6.07) is 16.1. The molecule has 2 N–H and O–H groups in total. The second kappa shape index (κ2) is 11.0. The molecule has 0 unspecified atom stereocenters. The minimum Gasteiger partial charge on any atom is -0.438 e. The van der Waals surface area contributed by atoms with Gasteiger partial charge in [0.2, 0.25) is 17.7 Å². The molecule has 2 aliphatic rings. The number of carbonyl (C=O) groups is 1. The predicted molar refractivity (Wildman–Crippen MR) is 145 cm³/mol. The lowest BCUT2D eigenvalue weighted by Crippen LogP contribution is -2.48. The van der Waals surface area contributed by atoms with Gasteiger partial charge in [0, 0.05) is 55.3 Å². The van der Waals surface area contributed by atoms with Crippen LogP contribution in [0.2, 0.25) is 0 Å². The van der Waals surface area contributed by atoms with Crippen LogP contribution in [0.5, 0.6) is 11.6 Å². The molecule has 9 heteroatoms. The molecule has 0 radical (unpaired) electrons. The minimum atomic E-state index is -0.288.